The molecule has 2 saturated carbocycles. The fraction of sp³-hybridized carbons (Fsp3) is 0.376. The zero-order chi connectivity index (χ0) is 73.4. The molecule has 14 rings (SSSR count). The molecule has 3 unspecified atom stereocenters. The van der Waals surface area contributed by atoms with E-state index in [1.165, 1.54) is 61.6 Å². The molecule has 0 bridgehead atoms. The fourth-order valence-electron chi connectivity index (χ4n) is 16.3. The topological polar surface area (TPSA) is 117 Å². The van der Waals surface area contributed by atoms with Gasteiger partial charge in [0.15, 0.2) is 0 Å². The van der Waals surface area contributed by atoms with Crippen LogP contribution in [0.3, 0.4) is 0 Å². The minimum atomic E-state index is -0.417. The van der Waals surface area contributed by atoms with Crippen LogP contribution in [0.5, 0.6) is 23.0 Å². The predicted octanol–water partition coefficient (Wildman–Crippen LogP) is 25.6. The van der Waals surface area contributed by atoms with E-state index in [4.69, 9.17) is 9.97 Å². The van der Waals surface area contributed by atoms with Crippen LogP contribution in [0.4, 0.5) is 0 Å². The molecule has 0 aliphatic heterocycles. The summed E-state index contributed by atoms with van der Waals surface area (Å²) in [5, 5.41) is 56.1. The number of fused-ring (bicyclic) bond motifs is 4. The number of para-hydroxylation sites is 4. The van der Waals surface area contributed by atoms with E-state index in [2.05, 4.69) is 236 Å². The van der Waals surface area contributed by atoms with Crippen LogP contribution in [-0.2, 0) is 44.7 Å². The number of nitrogens with zero attached hydrogens (tertiary/aromatic N) is 4. The molecular weight excluding hydrogens is 1370 g/mol. The second-order valence-electron chi connectivity index (χ2n) is 33.2. The van der Waals surface area contributed by atoms with E-state index in [0.717, 1.165) is 144 Å². The predicted molar refractivity (Wildman–Crippen MR) is 451 cm³/mol. The molecule has 0 amide bonds. The summed E-state index contributed by atoms with van der Waals surface area (Å²) >= 11 is 7.99. The van der Waals surface area contributed by atoms with Crippen LogP contribution in [0.1, 0.15) is 197 Å². The average Bonchev–Trinajstić information content (AvgIpc) is 1.54. The van der Waals surface area contributed by atoms with Crippen molar-refractivity contribution in [1.82, 2.24) is 19.1 Å². The van der Waals surface area contributed by atoms with Gasteiger partial charge in [-0.3, -0.25) is 0 Å². The normalized spacial score (nSPS) is 17.5. The molecule has 2 aliphatic rings. The minimum Gasteiger partial charge on any atom is -0.507 e. The van der Waals surface area contributed by atoms with Crippen molar-refractivity contribution < 1.29 is 20.4 Å². The van der Waals surface area contributed by atoms with Gasteiger partial charge < -0.3 is 29.6 Å². The highest BCUT2D eigenvalue weighted by atomic mass is 32.2. The molecule has 8 nitrogen and oxygen atoms in total. The molecule has 12 aromatic rings. The molecule has 0 spiro atoms. The molecule has 0 radical (unpaired) electrons. The van der Waals surface area contributed by atoms with Gasteiger partial charge in [0.1, 0.15) is 23.0 Å². The summed E-state index contributed by atoms with van der Waals surface area (Å²) in [6.45, 7) is 23.0. The van der Waals surface area contributed by atoms with Crippen molar-refractivity contribution in [2.24, 2.45) is 0 Å². The maximum absolute atomic E-state index is 12.9. The Morgan fingerprint density at radius 1 is 0.343 bits per heavy atom. The Kier molecular flexibility index (Phi) is 22.0. The Balaban J connectivity index is 0.765. The van der Waals surface area contributed by atoms with Crippen LogP contribution >= 0.6 is 47.0 Å². The van der Waals surface area contributed by atoms with Gasteiger partial charge in [-0.05, 0) is 160 Å². The van der Waals surface area contributed by atoms with Gasteiger partial charge in [0.2, 0.25) is 0 Å². The van der Waals surface area contributed by atoms with E-state index in [0.29, 0.717) is 61.3 Å². The maximum atomic E-state index is 12.9. The van der Waals surface area contributed by atoms with Gasteiger partial charge in [-0.2, -0.15) is 47.0 Å². The first-order valence-corrected chi connectivity index (χ1v) is 42.4. The van der Waals surface area contributed by atoms with E-state index in [9.17, 15) is 20.4 Å². The molecule has 4 atom stereocenters. The lowest BCUT2D eigenvalue weighted by Gasteiger charge is -2.37. The molecule has 2 fully saturated rings. The van der Waals surface area contributed by atoms with E-state index in [1.54, 1.807) is 0 Å². The number of pyridine rings is 2. The van der Waals surface area contributed by atoms with Gasteiger partial charge in [-0.1, -0.05) is 230 Å². The highest BCUT2D eigenvalue weighted by Crippen LogP contribution is 2.50. The first kappa shape index (κ1) is 74.1. The summed E-state index contributed by atoms with van der Waals surface area (Å²) in [6, 6.07) is 63.8. The monoisotopic (exact) mass is 1470 g/mol. The molecule has 12 heteroatoms. The summed E-state index contributed by atoms with van der Waals surface area (Å²) in [5.74, 6) is 3.95. The highest BCUT2D eigenvalue weighted by molar-refractivity contribution is 8.03. The summed E-state index contributed by atoms with van der Waals surface area (Å²) in [4.78, 5) is 10.3. The lowest BCUT2D eigenvalue weighted by molar-refractivity contribution is 0.348. The van der Waals surface area contributed by atoms with Gasteiger partial charge in [0, 0.05) is 101 Å². The molecule has 105 heavy (non-hydrogen) atoms. The van der Waals surface area contributed by atoms with Crippen molar-refractivity contribution in [3.8, 4) is 56.9 Å². The van der Waals surface area contributed by atoms with Crippen molar-refractivity contribution in [2.75, 3.05) is 0 Å². The number of aromatic hydroxyl groups is 4. The van der Waals surface area contributed by atoms with Crippen LogP contribution in [-0.4, -0.2) is 60.5 Å². The largest absolute Gasteiger partial charge is 0.507 e. The minimum absolute atomic E-state index is 0.122. The van der Waals surface area contributed by atoms with Crippen LogP contribution in [0.2, 0.25) is 0 Å². The Hall–Kier alpha value is -7.74. The second-order valence-corrected chi connectivity index (χ2v) is 38.1. The first-order chi connectivity index (χ1) is 50.4. The number of hydrogen-bond donors (Lipinski definition) is 4. The highest BCUT2D eigenvalue weighted by Gasteiger charge is 2.36. The smallest absolute Gasteiger partial charge is 0.143 e. The van der Waals surface area contributed by atoms with Gasteiger partial charge >= 0.3 is 0 Å². The number of phenols is 4. The molecule has 4 heterocycles. The standard InChI is InChI=1S/C93H104N4O4S4/c1-90(2,3)68-47-64(86(98)72(51-68)76-41-39-60-27-19-23-31-74(60)94-76)55-102-82-35-15-11-12-16-36-83(82)103-56-65-49-70(52-73(87(65)99)77-42-40-61-28-20-24-32-75(61)95-77)92(7,8)59-93(9,10)71-50-67(89(101)81(54-71)97-46-44-63-30-22-26-34-79(63)97)58-105-85-38-18-14-13-17-37-84(85)104-57-66-48-69(91(4,5)6)53-80(88(66)100)96-45-43-62-29-21-25-33-78(62)96/h19-34,39-54,82-85,98-101H,11-18,35-38,55-59H2,1-10H3/t82?,83-,84?,85?/m0/s1. The lowest BCUT2D eigenvalue weighted by atomic mass is 9.68. The zero-order valence-electron chi connectivity index (χ0n) is 63.0. The average molecular weight is 1470 g/mol. The van der Waals surface area contributed by atoms with E-state index in [-0.39, 0.29) is 16.6 Å². The van der Waals surface area contributed by atoms with Crippen molar-refractivity contribution in [3.63, 3.8) is 0 Å². The fourth-order valence-corrected chi connectivity index (χ4v) is 22.4. The van der Waals surface area contributed by atoms with E-state index < -0.39 is 10.8 Å². The first-order valence-electron chi connectivity index (χ1n) is 38.2. The summed E-state index contributed by atoms with van der Waals surface area (Å²) in [5.41, 5.74) is 16.0. The van der Waals surface area contributed by atoms with E-state index in [1.807, 2.05) is 83.4 Å². The third-order valence-electron chi connectivity index (χ3n) is 22.5. The molecule has 4 N–H and O–H groups in total. The van der Waals surface area contributed by atoms with Crippen molar-refractivity contribution in [3.05, 3.63) is 239 Å². The van der Waals surface area contributed by atoms with Crippen LogP contribution < -0.4 is 0 Å². The Bertz CT molecular complexity index is 5110. The van der Waals surface area contributed by atoms with Crippen LogP contribution in [0.15, 0.2) is 194 Å². The number of aromatic nitrogens is 4. The Labute approximate surface area is 639 Å². The summed E-state index contributed by atoms with van der Waals surface area (Å²) < 4.78 is 4.33. The number of benzene rings is 8. The molecular formula is C93H104N4O4S4. The second kappa shape index (κ2) is 31.2. The van der Waals surface area contributed by atoms with Crippen molar-refractivity contribution in [2.45, 2.75) is 218 Å². The lowest BCUT2D eigenvalue weighted by Crippen LogP contribution is -2.30. The number of thioether (sulfide) groups is 4. The number of hydrogen-bond acceptors (Lipinski definition) is 10. The molecule has 4 aromatic heterocycles. The van der Waals surface area contributed by atoms with Crippen molar-refractivity contribution >= 4 is 90.7 Å². The van der Waals surface area contributed by atoms with Gasteiger partial charge in [-0.15, -0.1) is 0 Å². The van der Waals surface area contributed by atoms with Crippen molar-refractivity contribution in [1.29, 1.82) is 0 Å². The van der Waals surface area contributed by atoms with Gasteiger partial charge in [0.05, 0.1) is 44.8 Å². The maximum Gasteiger partial charge on any atom is 0.143 e. The quantitative estimate of drug-likeness (QED) is 0.0588. The number of rotatable bonds is 20. The third kappa shape index (κ3) is 16.4. The summed E-state index contributed by atoms with van der Waals surface area (Å²) in [7, 11) is 0. The Morgan fingerprint density at radius 2 is 0.667 bits per heavy atom. The Morgan fingerprint density at radius 3 is 1.07 bits per heavy atom. The van der Waals surface area contributed by atoms with Crippen LogP contribution in [0, 0.1) is 0 Å². The van der Waals surface area contributed by atoms with Gasteiger partial charge in [0.25, 0.3) is 0 Å². The molecule has 8 aromatic carbocycles. The molecule has 0 saturated heterocycles. The SMILES string of the molecule is CC(C)(C)c1cc(CSC2CCCCCC[C@@H]2SCc2cc(C(C)(C)CC(C)(C)c3cc(CSC4CCCCCCC4SCc4cc(C(C)(C)C)cc(-n5ccc6ccccc65)c4O)c(O)c(-n4ccc5ccccc54)c3)cc(-c3ccc4ccccc4n3)c2O)c(O)c(-c2ccc3ccccc3n2)c1. The molecule has 2 aliphatic carbocycles. The summed E-state index contributed by atoms with van der Waals surface area (Å²) in [6.07, 6.45) is 18.9. The molecule has 544 valence electrons. The van der Waals surface area contributed by atoms with E-state index >= 15 is 0 Å². The van der Waals surface area contributed by atoms with Gasteiger partial charge in [-0.25, -0.2) is 9.97 Å². The number of phenolic OH excluding ortho intramolecular Hbond substituents is 4. The van der Waals surface area contributed by atoms with Crippen LogP contribution in [0.25, 0.3) is 77.5 Å². The third-order valence-corrected chi connectivity index (χ3v) is 28.7. The zero-order valence-corrected chi connectivity index (χ0v) is 66.3.